The zero-order valence-corrected chi connectivity index (χ0v) is 15.3. The fourth-order valence-corrected chi connectivity index (χ4v) is 5.01. The van der Waals surface area contributed by atoms with Crippen LogP contribution in [0, 0.1) is 0 Å². The van der Waals surface area contributed by atoms with E-state index >= 15 is 0 Å². The Morgan fingerprint density at radius 3 is 2.62 bits per heavy atom. The van der Waals surface area contributed by atoms with Crippen molar-refractivity contribution < 1.29 is 21.6 Å². The Bertz CT molecular complexity index is 854. The van der Waals surface area contributed by atoms with E-state index in [0.29, 0.717) is 12.8 Å². The lowest BCUT2D eigenvalue weighted by Crippen LogP contribution is -2.38. The topological polar surface area (TPSA) is 127 Å². The summed E-state index contributed by atoms with van der Waals surface area (Å²) in [5.41, 5.74) is 0. The molecule has 1 atom stereocenters. The molecule has 1 aromatic carbocycles. The number of hydrogen-bond donors (Lipinski definition) is 2. The van der Waals surface area contributed by atoms with Gasteiger partial charge in [-0.05, 0) is 24.6 Å². The van der Waals surface area contributed by atoms with E-state index in [0.717, 1.165) is 12.1 Å². The lowest BCUT2D eigenvalue weighted by atomic mass is 10.2. The molecule has 2 rings (SSSR count). The van der Waals surface area contributed by atoms with E-state index in [2.05, 4.69) is 5.32 Å². The van der Waals surface area contributed by atoms with Crippen LogP contribution < -0.4 is 10.5 Å². The van der Waals surface area contributed by atoms with Crippen LogP contribution in [0.2, 0.25) is 5.02 Å². The molecule has 1 aromatic rings. The smallest absolute Gasteiger partial charge is 0.244 e. The molecule has 1 amide bonds. The van der Waals surface area contributed by atoms with Crippen molar-refractivity contribution in [2.75, 3.05) is 13.1 Å². The minimum atomic E-state index is -4.05. The lowest BCUT2D eigenvalue weighted by molar-refractivity contribution is -0.121. The van der Waals surface area contributed by atoms with Crippen LogP contribution in [0.15, 0.2) is 28.0 Å². The Kier molecular flexibility index (Phi) is 5.55. The van der Waals surface area contributed by atoms with Crippen molar-refractivity contribution in [2.45, 2.75) is 35.6 Å². The number of hydrogen-bond acceptors (Lipinski definition) is 5. The van der Waals surface area contributed by atoms with Crippen LogP contribution in [0.5, 0.6) is 0 Å². The summed E-state index contributed by atoms with van der Waals surface area (Å²) in [7, 11) is -8.05. The number of carbonyl (C=O) groups excluding carboxylic acids is 1. The van der Waals surface area contributed by atoms with Crippen LogP contribution in [0.1, 0.15) is 19.8 Å². The number of nitrogens with one attached hydrogen (secondary N) is 1. The summed E-state index contributed by atoms with van der Waals surface area (Å²) in [6.45, 7) is 2.01. The SMILES string of the molecule is CCC(=O)NC1CCN(S(=O)(=O)c2cc(S(N)(=O)=O)ccc2Cl)C1. The highest BCUT2D eigenvalue weighted by Crippen LogP contribution is 2.29. The molecule has 1 aliphatic rings. The van der Waals surface area contributed by atoms with Crippen molar-refractivity contribution in [3.8, 4) is 0 Å². The van der Waals surface area contributed by atoms with Crippen LogP contribution in [0.25, 0.3) is 0 Å². The molecule has 134 valence electrons. The van der Waals surface area contributed by atoms with Gasteiger partial charge in [0.1, 0.15) is 4.90 Å². The first kappa shape index (κ1) is 19.1. The molecular weight excluding hydrogens is 378 g/mol. The van der Waals surface area contributed by atoms with E-state index in [-0.39, 0.29) is 39.9 Å². The zero-order valence-electron chi connectivity index (χ0n) is 12.9. The van der Waals surface area contributed by atoms with Crippen molar-refractivity contribution >= 4 is 37.6 Å². The number of benzene rings is 1. The second-order valence-corrected chi connectivity index (χ2v) is 9.28. The monoisotopic (exact) mass is 395 g/mol. The van der Waals surface area contributed by atoms with Gasteiger partial charge in [-0.25, -0.2) is 22.0 Å². The van der Waals surface area contributed by atoms with Gasteiger partial charge in [0.05, 0.1) is 9.92 Å². The van der Waals surface area contributed by atoms with Crippen LogP contribution in [-0.4, -0.2) is 46.2 Å². The summed E-state index contributed by atoms with van der Waals surface area (Å²) in [6, 6.07) is 2.99. The lowest BCUT2D eigenvalue weighted by Gasteiger charge is -2.18. The van der Waals surface area contributed by atoms with Crippen LogP contribution in [-0.2, 0) is 24.8 Å². The minimum Gasteiger partial charge on any atom is -0.352 e. The van der Waals surface area contributed by atoms with E-state index in [4.69, 9.17) is 16.7 Å². The highest BCUT2D eigenvalue weighted by Gasteiger charge is 2.34. The normalized spacial score (nSPS) is 19.4. The fourth-order valence-electron chi connectivity index (χ4n) is 2.39. The first-order valence-electron chi connectivity index (χ1n) is 7.17. The molecule has 1 fully saturated rings. The Morgan fingerprint density at radius 1 is 1.38 bits per heavy atom. The maximum atomic E-state index is 12.7. The number of nitrogens with two attached hydrogens (primary N) is 1. The van der Waals surface area contributed by atoms with Gasteiger partial charge < -0.3 is 5.32 Å². The van der Waals surface area contributed by atoms with E-state index in [9.17, 15) is 21.6 Å². The molecule has 8 nitrogen and oxygen atoms in total. The van der Waals surface area contributed by atoms with Crippen molar-refractivity contribution in [3.63, 3.8) is 0 Å². The van der Waals surface area contributed by atoms with Crippen molar-refractivity contribution in [3.05, 3.63) is 23.2 Å². The number of sulfonamides is 2. The number of rotatable bonds is 5. The van der Waals surface area contributed by atoms with Crippen LogP contribution in [0.3, 0.4) is 0 Å². The Balaban J connectivity index is 2.30. The molecule has 1 unspecified atom stereocenters. The third-order valence-electron chi connectivity index (χ3n) is 3.69. The number of primary sulfonamides is 1. The average molecular weight is 396 g/mol. The van der Waals surface area contributed by atoms with Gasteiger partial charge in [-0.15, -0.1) is 0 Å². The van der Waals surface area contributed by atoms with E-state index in [1.54, 1.807) is 6.92 Å². The molecule has 11 heteroatoms. The molecule has 0 bridgehead atoms. The standard InChI is InChI=1S/C13H18ClN3O5S2/c1-2-13(18)16-9-5-6-17(8-9)24(21,22)12-7-10(23(15,19)20)3-4-11(12)14/h3-4,7,9H,2,5-6,8H2,1H3,(H,16,18)(H2,15,19,20). The van der Waals surface area contributed by atoms with Crippen molar-refractivity contribution in [2.24, 2.45) is 5.14 Å². The Labute approximate surface area is 146 Å². The number of carbonyl (C=O) groups is 1. The molecule has 1 aliphatic heterocycles. The fraction of sp³-hybridized carbons (Fsp3) is 0.462. The molecule has 0 radical (unpaired) electrons. The first-order chi connectivity index (χ1) is 11.1. The summed E-state index contributed by atoms with van der Waals surface area (Å²) in [5.74, 6) is -0.159. The molecular formula is C13H18ClN3O5S2. The second-order valence-electron chi connectivity index (χ2n) is 5.41. The third kappa shape index (κ3) is 4.06. The molecule has 0 saturated carbocycles. The van der Waals surface area contributed by atoms with Crippen molar-refractivity contribution in [1.82, 2.24) is 9.62 Å². The number of nitrogens with zero attached hydrogens (tertiary/aromatic N) is 1. The van der Waals surface area contributed by atoms with Gasteiger partial charge in [-0.1, -0.05) is 18.5 Å². The highest BCUT2D eigenvalue weighted by molar-refractivity contribution is 7.90. The molecule has 24 heavy (non-hydrogen) atoms. The van der Waals surface area contributed by atoms with Gasteiger partial charge in [-0.3, -0.25) is 4.79 Å². The number of halogens is 1. The predicted octanol–water partition coefficient (Wildman–Crippen LogP) is 0.277. The minimum absolute atomic E-state index is 0.0940. The quantitative estimate of drug-likeness (QED) is 0.740. The number of amides is 1. The van der Waals surface area contributed by atoms with Gasteiger partial charge in [0.15, 0.2) is 0 Å². The van der Waals surface area contributed by atoms with Gasteiger partial charge >= 0.3 is 0 Å². The van der Waals surface area contributed by atoms with Gasteiger partial charge in [-0.2, -0.15) is 4.31 Å². The van der Waals surface area contributed by atoms with Crippen LogP contribution in [0.4, 0.5) is 0 Å². The maximum Gasteiger partial charge on any atom is 0.244 e. The first-order valence-corrected chi connectivity index (χ1v) is 10.5. The van der Waals surface area contributed by atoms with E-state index in [1.807, 2.05) is 0 Å². The molecule has 1 heterocycles. The second kappa shape index (κ2) is 6.96. The molecule has 0 aromatic heterocycles. The molecule has 3 N–H and O–H groups in total. The van der Waals surface area contributed by atoms with E-state index in [1.165, 1.54) is 10.4 Å². The van der Waals surface area contributed by atoms with Crippen molar-refractivity contribution in [1.29, 1.82) is 0 Å². The van der Waals surface area contributed by atoms with Gasteiger partial charge in [0.2, 0.25) is 26.0 Å². The van der Waals surface area contributed by atoms with E-state index < -0.39 is 20.0 Å². The average Bonchev–Trinajstić information content (AvgIpc) is 2.95. The summed E-state index contributed by atoms with van der Waals surface area (Å²) >= 11 is 5.94. The maximum absolute atomic E-state index is 12.7. The summed E-state index contributed by atoms with van der Waals surface area (Å²) in [6.07, 6.45) is 0.781. The van der Waals surface area contributed by atoms with Crippen LogP contribution >= 0.6 is 11.6 Å². The Morgan fingerprint density at radius 2 is 2.04 bits per heavy atom. The predicted molar refractivity (Wildman–Crippen MR) is 88.4 cm³/mol. The molecule has 1 saturated heterocycles. The summed E-state index contributed by atoms with van der Waals surface area (Å²) < 4.78 is 49.5. The largest absolute Gasteiger partial charge is 0.352 e. The zero-order chi connectivity index (χ0) is 18.1. The van der Waals surface area contributed by atoms with Gasteiger partial charge in [0.25, 0.3) is 0 Å². The summed E-state index contributed by atoms with van der Waals surface area (Å²) in [5, 5.41) is 7.68. The Hall–Kier alpha value is -1.20. The molecule has 0 aliphatic carbocycles. The van der Waals surface area contributed by atoms with Gasteiger partial charge in [0, 0.05) is 25.6 Å². The highest BCUT2D eigenvalue weighted by atomic mass is 35.5. The molecule has 0 spiro atoms. The third-order valence-corrected chi connectivity index (χ3v) is 6.94. The summed E-state index contributed by atoms with van der Waals surface area (Å²) in [4.78, 5) is 10.8.